The number of thioether (sulfide) groups is 1. The second-order valence-corrected chi connectivity index (χ2v) is 10.9. The Balaban J connectivity index is 1.38. The number of sulfonamides is 1. The highest BCUT2D eigenvalue weighted by molar-refractivity contribution is 7.99. The topological polar surface area (TPSA) is 106 Å². The van der Waals surface area contributed by atoms with Crippen LogP contribution in [0.15, 0.2) is 64.5 Å². The van der Waals surface area contributed by atoms with E-state index >= 15 is 0 Å². The fourth-order valence-corrected chi connectivity index (χ4v) is 6.17. The molecule has 10 heteroatoms. The lowest BCUT2D eigenvalue weighted by Gasteiger charge is -2.33. The van der Waals surface area contributed by atoms with E-state index in [1.54, 1.807) is 18.3 Å². The smallest absolute Gasteiger partial charge is 0.245 e. The third-order valence-corrected chi connectivity index (χ3v) is 8.45. The van der Waals surface area contributed by atoms with Crippen molar-refractivity contribution in [2.45, 2.75) is 16.7 Å². The van der Waals surface area contributed by atoms with Crippen LogP contribution in [0.25, 0.3) is 10.9 Å². The largest absolute Gasteiger partial charge is 0.324 e. The van der Waals surface area contributed by atoms with E-state index < -0.39 is 10.0 Å². The summed E-state index contributed by atoms with van der Waals surface area (Å²) < 4.78 is 28.1. The molecular formula is C24H25N5O3S2. The quantitative estimate of drug-likeness (QED) is 0.502. The number of fused-ring (bicyclic) bond motifs is 1. The highest BCUT2D eigenvalue weighted by Gasteiger charge is 2.30. The molecule has 0 atom stereocenters. The molecule has 0 bridgehead atoms. The van der Waals surface area contributed by atoms with Crippen LogP contribution in [0.4, 0.5) is 5.69 Å². The normalized spacial score (nSPS) is 15.2. The number of para-hydroxylation sites is 2. The monoisotopic (exact) mass is 495 g/mol. The van der Waals surface area contributed by atoms with Crippen LogP contribution in [0.5, 0.6) is 0 Å². The molecule has 1 saturated heterocycles. The number of hydrogen-bond acceptors (Lipinski definition) is 7. The third kappa shape index (κ3) is 5.39. The molecule has 1 aliphatic heterocycles. The van der Waals surface area contributed by atoms with Crippen molar-refractivity contribution in [3.8, 4) is 6.07 Å². The van der Waals surface area contributed by atoms with Gasteiger partial charge in [0, 0.05) is 42.7 Å². The van der Waals surface area contributed by atoms with Gasteiger partial charge in [-0.1, -0.05) is 24.3 Å². The molecule has 0 unspecified atom stereocenters. The molecule has 1 aromatic heterocycles. The first-order valence-corrected chi connectivity index (χ1v) is 13.3. The number of aryl methyl sites for hydroxylation is 1. The average Bonchev–Trinajstić information content (AvgIpc) is 2.83. The first kappa shape index (κ1) is 24.2. The van der Waals surface area contributed by atoms with Gasteiger partial charge >= 0.3 is 0 Å². The Morgan fingerprint density at radius 3 is 2.68 bits per heavy atom. The second-order valence-electron chi connectivity index (χ2n) is 8.01. The Bertz CT molecular complexity index is 1350. The van der Waals surface area contributed by atoms with Crippen molar-refractivity contribution in [2.75, 3.05) is 43.8 Å². The molecule has 0 saturated carbocycles. The van der Waals surface area contributed by atoms with Crippen molar-refractivity contribution < 1.29 is 13.2 Å². The van der Waals surface area contributed by atoms with Gasteiger partial charge in [0.2, 0.25) is 15.9 Å². The van der Waals surface area contributed by atoms with E-state index in [1.807, 2.05) is 48.2 Å². The minimum absolute atomic E-state index is 0.167. The van der Waals surface area contributed by atoms with Crippen LogP contribution in [0.1, 0.15) is 5.56 Å². The SMILES string of the molecule is Cc1cnc2c(S(=O)(=O)N3CCN(CC(=O)Nc4ccccc4SCC#N)CC3)cccc2c1. The maximum Gasteiger partial charge on any atom is 0.245 e. The summed E-state index contributed by atoms with van der Waals surface area (Å²) in [4.78, 5) is 20.0. The lowest BCUT2D eigenvalue weighted by atomic mass is 10.2. The number of pyridine rings is 1. The Kier molecular flexibility index (Phi) is 7.48. The van der Waals surface area contributed by atoms with Crippen LogP contribution < -0.4 is 5.32 Å². The summed E-state index contributed by atoms with van der Waals surface area (Å²) in [6.45, 7) is 3.59. The van der Waals surface area contributed by atoms with Crippen LogP contribution in [0.3, 0.4) is 0 Å². The molecule has 1 amide bonds. The number of rotatable bonds is 7. The van der Waals surface area contributed by atoms with Crippen molar-refractivity contribution in [3.63, 3.8) is 0 Å². The van der Waals surface area contributed by atoms with E-state index in [4.69, 9.17) is 5.26 Å². The highest BCUT2D eigenvalue weighted by Crippen LogP contribution is 2.27. The number of carbonyl (C=O) groups is 1. The van der Waals surface area contributed by atoms with Crippen molar-refractivity contribution in [3.05, 3.63) is 60.3 Å². The van der Waals surface area contributed by atoms with Crippen LogP contribution in [-0.4, -0.2) is 67.0 Å². The summed E-state index contributed by atoms with van der Waals surface area (Å²) in [6, 6.07) is 16.6. The molecule has 0 aliphatic carbocycles. The van der Waals surface area contributed by atoms with Crippen molar-refractivity contribution in [1.29, 1.82) is 5.26 Å². The van der Waals surface area contributed by atoms with Gasteiger partial charge in [0.15, 0.2) is 0 Å². The summed E-state index contributed by atoms with van der Waals surface area (Å²) in [6.07, 6.45) is 1.68. The molecule has 34 heavy (non-hydrogen) atoms. The molecule has 2 heterocycles. The minimum atomic E-state index is -3.70. The highest BCUT2D eigenvalue weighted by atomic mass is 32.2. The number of piperazine rings is 1. The van der Waals surface area contributed by atoms with Crippen LogP contribution in [0.2, 0.25) is 0 Å². The van der Waals surface area contributed by atoms with Gasteiger partial charge in [-0.05, 0) is 36.8 Å². The maximum absolute atomic E-state index is 13.3. The van der Waals surface area contributed by atoms with Gasteiger partial charge in [0.1, 0.15) is 4.90 Å². The Labute approximate surface area is 203 Å². The fourth-order valence-electron chi connectivity index (χ4n) is 3.92. The van der Waals surface area contributed by atoms with Gasteiger partial charge < -0.3 is 5.32 Å². The number of nitrogens with one attached hydrogen (secondary N) is 1. The van der Waals surface area contributed by atoms with Crippen molar-refractivity contribution in [2.24, 2.45) is 0 Å². The zero-order valence-corrected chi connectivity index (χ0v) is 20.4. The fraction of sp³-hybridized carbons (Fsp3) is 0.292. The molecule has 0 radical (unpaired) electrons. The van der Waals surface area contributed by atoms with E-state index in [0.717, 1.165) is 15.8 Å². The van der Waals surface area contributed by atoms with Crippen LogP contribution in [0, 0.1) is 18.3 Å². The molecule has 1 aliphatic rings. The van der Waals surface area contributed by atoms with Gasteiger partial charge in [-0.15, -0.1) is 11.8 Å². The van der Waals surface area contributed by atoms with E-state index in [1.165, 1.54) is 16.1 Å². The van der Waals surface area contributed by atoms with E-state index in [-0.39, 0.29) is 17.3 Å². The molecule has 3 aromatic rings. The predicted molar refractivity (Wildman–Crippen MR) is 133 cm³/mol. The van der Waals surface area contributed by atoms with Crippen LogP contribution in [-0.2, 0) is 14.8 Å². The number of amides is 1. The van der Waals surface area contributed by atoms with Crippen molar-refractivity contribution in [1.82, 2.24) is 14.2 Å². The number of anilines is 1. The third-order valence-electron chi connectivity index (χ3n) is 5.58. The van der Waals surface area contributed by atoms with E-state index in [2.05, 4.69) is 16.4 Å². The molecule has 0 spiro atoms. The summed E-state index contributed by atoms with van der Waals surface area (Å²) in [5, 5.41) is 12.5. The Morgan fingerprint density at radius 2 is 1.91 bits per heavy atom. The zero-order valence-electron chi connectivity index (χ0n) is 18.8. The zero-order chi connectivity index (χ0) is 24.1. The molecular weight excluding hydrogens is 470 g/mol. The number of aromatic nitrogens is 1. The molecule has 4 rings (SSSR count). The Hall–Kier alpha value is -2.97. The van der Waals surface area contributed by atoms with Gasteiger partial charge in [-0.25, -0.2) is 8.42 Å². The number of carbonyl (C=O) groups excluding carboxylic acids is 1. The van der Waals surface area contributed by atoms with Gasteiger partial charge in [0.25, 0.3) is 0 Å². The van der Waals surface area contributed by atoms with E-state index in [0.29, 0.717) is 43.1 Å². The maximum atomic E-state index is 13.3. The van der Waals surface area contributed by atoms with Gasteiger partial charge in [0.05, 0.1) is 29.6 Å². The number of nitrogens with zero attached hydrogens (tertiary/aromatic N) is 4. The molecule has 2 aromatic carbocycles. The first-order chi connectivity index (χ1) is 16.4. The minimum Gasteiger partial charge on any atom is -0.324 e. The molecule has 1 fully saturated rings. The van der Waals surface area contributed by atoms with Gasteiger partial charge in [-0.2, -0.15) is 9.57 Å². The van der Waals surface area contributed by atoms with Crippen molar-refractivity contribution >= 4 is 44.3 Å². The number of benzene rings is 2. The van der Waals surface area contributed by atoms with E-state index in [9.17, 15) is 13.2 Å². The molecule has 176 valence electrons. The lowest BCUT2D eigenvalue weighted by molar-refractivity contribution is -0.117. The molecule has 1 N–H and O–H groups in total. The Morgan fingerprint density at radius 1 is 1.15 bits per heavy atom. The average molecular weight is 496 g/mol. The molecule has 8 nitrogen and oxygen atoms in total. The number of hydrogen-bond donors (Lipinski definition) is 1. The first-order valence-electron chi connectivity index (χ1n) is 10.8. The van der Waals surface area contributed by atoms with Crippen LogP contribution >= 0.6 is 11.8 Å². The second kappa shape index (κ2) is 10.5. The summed E-state index contributed by atoms with van der Waals surface area (Å²) in [5.74, 6) is 0.129. The summed E-state index contributed by atoms with van der Waals surface area (Å²) in [5.41, 5.74) is 2.12. The number of nitriles is 1. The summed E-state index contributed by atoms with van der Waals surface area (Å²) >= 11 is 1.37. The predicted octanol–water partition coefficient (Wildman–Crippen LogP) is 3.10. The lowest BCUT2D eigenvalue weighted by Crippen LogP contribution is -2.50. The summed E-state index contributed by atoms with van der Waals surface area (Å²) in [7, 11) is -3.70. The van der Waals surface area contributed by atoms with Gasteiger partial charge in [-0.3, -0.25) is 14.7 Å². The standard InChI is InChI=1S/C24H25N5O3S2/c1-18-15-19-5-4-8-22(24(19)26-16-18)34(31,32)29-12-10-28(11-13-29)17-23(30)27-20-6-2-3-7-21(20)33-14-9-25/h2-8,15-16H,10-14,17H2,1H3,(H,27,30).